The summed E-state index contributed by atoms with van der Waals surface area (Å²) < 4.78 is 7.30. The highest BCUT2D eigenvalue weighted by Crippen LogP contribution is 2.23. The minimum absolute atomic E-state index is 0.0265. The SMILES string of the molecule is CCCCNC(=O)CSc1nnc(-c2ccco2)n1CC. The molecular formula is C14H20N4O2S. The van der Waals surface area contributed by atoms with Crippen LogP contribution in [-0.2, 0) is 11.3 Å². The summed E-state index contributed by atoms with van der Waals surface area (Å²) in [6.07, 6.45) is 3.69. The molecule has 0 aliphatic carbocycles. The minimum atomic E-state index is 0.0265. The fraction of sp³-hybridized carbons (Fsp3) is 0.500. The highest BCUT2D eigenvalue weighted by atomic mass is 32.2. The van der Waals surface area contributed by atoms with Gasteiger partial charge in [-0.3, -0.25) is 9.36 Å². The third-order valence-corrected chi connectivity index (χ3v) is 3.93. The van der Waals surface area contributed by atoms with Gasteiger partial charge in [0.1, 0.15) is 0 Å². The Balaban J connectivity index is 1.96. The number of hydrogen-bond acceptors (Lipinski definition) is 5. The van der Waals surface area contributed by atoms with Crippen molar-refractivity contribution in [3.63, 3.8) is 0 Å². The summed E-state index contributed by atoms with van der Waals surface area (Å²) in [7, 11) is 0. The average Bonchev–Trinajstić information content (AvgIpc) is 3.13. The Hall–Kier alpha value is -1.76. The minimum Gasteiger partial charge on any atom is -0.461 e. The second-order valence-electron chi connectivity index (χ2n) is 4.52. The summed E-state index contributed by atoms with van der Waals surface area (Å²) in [4.78, 5) is 11.7. The Morgan fingerprint density at radius 1 is 1.43 bits per heavy atom. The van der Waals surface area contributed by atoms with Crippen molar-refractivity contribution < 1.29 is 9.21 Å². The molecule has 6 nitrogen and oxygen atoms in total. The van der Waals surface area contributed by atoms with Gasteiger partial charge in [0, 0.05) is 13.1 Å². The van der Waals surface area contributed by atoms with E-state index in [2.05, 4.69) is 22.4 Å². The lowest BCUT2D eigenvalue weighted by Gasteiger charge is -2.06. The Morgan fingerprint density at radius 2 is 2.29 bits per heavy atom. The first kappa shape index (κ1) is 15.6. The van der Waals surface area contributed by atoms with Crippen LogP contribution in [-0.4, -0.2) is 33.0 Å². The lowest BCUT2D eigenvalue weighted by molar-refractivity contribution is -0.118. The maximum atomic E-state index is 11.7. The van der Waals surface area contributed by atoms with E-state index < -0.39 is 0 Å². The van der Waals surface area contributed by atoms with E-state index in [-0.39, 0.29) is 5.91 Å². The first-order valence-corrected chi connectivity index (χ1v) is 8.11. The zero-order valence-corrected chi connectivity index (χ0v) is 13.2. The van der Waals surface area contributed by atoms with Crippen molar-refractivity contribution >= 4 is 17.7 Å². The normalized spacial score (nSPS) is 10.8. The highest BCUT2D eigenvalue weighted by Gasteiger charge is 2.15. The molecule has 0 bridgehead atoms. The fourth-order valence-electron chi connectivity index (χ4n) is 1.85. The number of nitrogens with zero attached hydrogens (tertiary/aromatic N) is 3. The lowest BCUT2D eigenvalue weighted by Crippen LogP contribution is -2.26. The van der Waals surface area contributed by atoms with Crippen molar-refractivity contribution in [1.29, 1.82) is 0 Å². The van der Waals surface area contributed by atoms with E-state index >= 15 is 0 Å². The molecule has 0 aliphatic heterocycles. The zero-order valence-electron chi connectivity index (χ0n) is 12.3. The summed E-state index contributed by atoms with van der Waals surface area (Å²) in [5.41, 5.74) is 0. The summed E-state index contributed by atoms with van der Waals surface area (Å²) in [6.45, 7) is 5.57. The van der Waals surface area contributed by atoms with E-state index in [0.717, 1.165) is 31.1 Å². The molecule has 7 heteroatoms. The van der Waals surface area contributed by atoms with Crippen LogP contribution in [0.5, 0.6) is 0 Å². The van der Waals surface area contributed by atoms with Gasteiger partial charge in [-0.05, 0) is 25.5 Å². The molecule has 0 saturated heterocycles. The van der Waals surface area contributed by atoms with Crippen molar-refractivity contribution in [2.75, 3.05) is 12.3 Å². The monoisotopic (exact) mass is 308 g/mol. The topological polar surface area (TPSA) is 73.0 Å². The van der Waals surface area contributed by atoms with Crippen molar-refractivity contribution in [2.45, 2.75) is 38.4 Å². The van der Waals surface area contributed by atoms with Crippen molar-refractivity contribution in [3.8, 4) is 11.6 Å². The molecule has 0 unspecified atom stereocenters. The number of hydrogen-bond donors (Lipinski definition) is 1. The van der Waals surface area contributed by atoms with Gasteiger partial charge in [-0.25, -0.2) is 0 Å². The Labute approximate surface area is 128 Å². The molecule has 1 N–H and O–H groups in total. The summed E-state index contributed by atoms with van der Waals surface area (Å²) in [6, 6.07) is 3.67. The molecule has 2 aromatic rings. The zero-order chi connectivity index (χ0) is 15.1. The molecule has 0 radical (unpaired) electrons. The highest BCUT2D eigenvalue weighted by molar-refractivity contribution is 7.99. The molecule has 2 rings (SSSR count). The van der Waals surface area contributed by atoms with E-state index in [9.17, 15) is 4.79 Å². The molecule has 0 fully saturated rings. The van der Waals surface area contributed by atoms with E-state index in [1.165, 1.54) is 11.8 Å². The molecule has 2 heterocycles. The van der Waals surface area contributed by atoms with Gasteiger partial charge >= 0.3 is 0 Å². The third kappa shape index (κ3) is 4.10. The molecule has 0 aliphatic rings. The van der Waals surface area contributed by atoms with Gasteiger partial charge in [-0.2, -0.15) is 0 Å². The summed E-state index contributed by atoms with van der Waals surface area (Å²) in [5, 5.41) is 11.9. The van der Waals surface area contributed by atoms with E-state index in [1.54, 1.807) is 6.26 Å². The number of nitrogens with one attached hydrogen (secondary N) is 1. The molecule has 1 amide bonds. The maximum Gasteiger partial charge on any atom is 0.230 e. The van der Waals surface area contributed by atoms with Gasteiger partial charge in [0.2, 0.25) is 5.91 Å². The quantitative estimate of drug-likeness (QED) is 0.599. The van der Waals surface area contributed by atoms with Gasteiger partial charge < -0.3 is 9.73 Å². The van der Waals surface area contributed by atoms with Crippen LogP contribution in [0.4, 0.5) is 0 Å². The van der Waals surface area contributed by atoms with Gasteiger partial charge in [0.05, 0.1) is 12.0 Å². The standard InChI is InChI=1S/C14H20N4O2S/c1-3-5-8-15-12(19)10-21-14-17-16-13(18(14)4-2)11-7-6-9-20-11/h6-7,9H,3-5,8,10H2,1-2H3,(H,15,19). The Kier molecular flexibility index (Phi) is 5.86. The van der Waals surface area contributed by atoms with Crippen molar-refractivity contribution in [3.05, 3.63) is 18.4 Å². The lowest BCUT2D eigenvalue weighted by atomic mass is 10.3. The smallest absolute Gasteiger partial charge is 0.230 e. The number of aromatic nitrogens is 3. The predicted molar refractivity (Wildman–Crippen MR) is 82.0 cm³/mol. The van der Waals surface area contributed by atoms with Crippen LogP contribution in [0.3, 0.4) is 0 Å². The van der Waals surface area contributed by atoms with Gasteiger partial charge in [0.15, 0.2) is 16.7 Å². The number of rotatable bonds is 8. The molecule has 114 valence electrons. The number of furan rings is 1. The van der Waals surface area contributed by atoms with Crippen molar-refractivity contribution in [1.82, 2.24) is 20.1 Å². The number of amides is 1. The van der Waals surface area contributed by atoms with Gasteiger partial charge in [-0.1, -0.05) is 25.1 Å². The van der Waals surface area contributed by atoms with E-state index in [1.807, 2.05) is 23.6 Å². The van der Waals surface area contributed by atoms with Crippen LogP contribution >= 0.6 is 11.8 Å². The second-order valence-corrected chi connectivity index (χ2v) is 5.46. The van der Waals surface area contributed by atoms with Crippen molar-refractivity contribution in [2.24, 2.45) is 0 Å². The van der Waals surface area contributed by atoms with E-state index in [0.29, 0.717) is 17.3 Å². The average molecular weight is 308 g/mol. The third-order valence-electron chi connectivity index (χ3n) is 2.96. The molecular weight excluding hydrogens is 288 g/mol. The summed E-state index contributed by atoms with van der Waals surface area (Å²) in [5.74, 6) is 1.75. The number of thioether (sulfide) groups is 1. The maximum absolute atomic E-state index is 11.7. The first-order valence-electron chi connectivity index (χ1n) is 7.12. The molecule has 0 saturated carbocycles. The Morgan fingerprint density at radius 3 is 2.95 bits per heavy atom. The van der Waals surface area contributed by atoms with Gasteiger partial charge in [-0.15, -0.1) is 10.2 Å². The molecule has 2 aromatic heterocycles. The predicted octanol–water partition coefficient (Wildman–Crippen LogP) is 2.57. The first-order chi connectivity index (χ1) is 10.3. The van der Waals surface area contributed by atoms with Gasteiger partial charge in [0.25, 0.3) is 0 Å². The van der Waals surface area contributed by atoms with Crippen LogP contribution < -0.4 is 5.32 Å². The largest absolute Gasteiger partial charge is 0.461 e. The van der Waals surface area contributed by atoms with Crippen LogP contribution in [0.1, 0.15) is 26.7 Å². The van der Waals surface area contributed by atoms with Crippen LogP contribution in [0.25, 0.3) is 11.6 Å². The molecule has 21 heavy (non-hydrogen) atoms. The number of carbonyl (C=O) groups excluding carboxylic acids is 1. The summed E-state index contributed by atoms with van der Waals surface area (Å²) >= 11 is 1.39. The second kappa shape index (κ2) is 7.87. The van der Waals surface area contributed by atoms with Crippen LogP contribution in [0.2, 0.25) is 0 Å². The molecule has 0 atom stereocenters. The van der Waals surface area contributed by atoms with Crippen LogP contribution in [0, 0.1) is 0 Å². The number of carbonyl (C=O) groups is 1. The molecule has 0 aromatic carbocycles. The molecule has 0 spiro atoms. The van der Waals surface area contributed by atoms with Crippen LogP contribution in [0.15, 0.2) is 28.0 Å². The fourth-order valence-corrected chi connectivity index (χ4v) is 2.69. The Bertz CT molecular complexity index is 566. The van der Waals surface area contributed by atoms with E-state index in [4.69, 9.17) is 4.42 Å². The number of unbranched alkanes of at least 4 members (excludes halogenated alkanes) is 1.